The van der Waals surface area contributed by atoms with E-state index in [4.69, 9.17) is 14.6 Å². The second-order valence-electron chi connectivity index (χ2n) is 9.45. The van der Waals surface area contributed by atoms with Gasteiger partial charge in [-0.05, 0) is 56.6 Å². The highest BCUT2D eigenvalue weighted by molar-refractivity contribution is 6.14. The Hall–Kier alpha value is -3.26. The number of methoxy groups -OCH3 is 2. The Bertz CT molecular complexity index is 1110. The fraction of sp³-hybridized carbons (Fsp3) is 0.462. The number of carbonyl (C=O) groups is 1. The van der Waals surface area contributed by atoms with Crippen molar-refractivity contribution in [3.63, 3.8) is 0 Å². The molecule has 2 bridgehead atoms. The third-order valence-electron chi connectivity index (χ3n) is 7.41. The van der Waals surface area contributed by atoms with E-state index in [2.05, 4.69) is 46.4 Å². The Labute approximate surface area is 201 Å². The predicted molar refractivity (Wildman–Crippen MR) is 133 cm³/mol. The third kappa shape index (κ3) is 3.76. The molecule has 3 atom stereocenters. The van der Waals surface area contributed by atoms with Gasteiger partial charge in [-0.25, -0.2) is 9.80 Å². The molecule has 0 saturated carbocycles. The van der Waals surface area contributed by atoms with Crippen molar-refractivity contribution in [1.82, 2.24) is 15.2 Å². The number of carbonyl (C=O) groups excluding carboxylic acids is 1. The van der Waals surface area contributed by atoms with Crippen LogP contribution in [0, 0.1) is 0 Å². The van der Waals surface area contributed by atoms with Crippen LogP contribution in [-0.4, -0.2) is 81.2 Å². The maximum atomic E-state index is 12.7. The Kier molecular flexibility index (Phi) is 5.85. The minimum Gasteiger partial charge on any atom is -0.493 e. The number of likely N-dealkylation sites (N-methyl/N-ethyl adjacent to an activating group) is 1. The van der Waals surface area contributed by atoms with Crippen molar-refractivity contribution in [2.75, 3.05) is 46.3 Å². The van der Waals surface area contributed by atoms with E-state index in [1.54, 1.807) is 21.3 Å². The number of hydrogen-bond donors (Lipinski definition) is 1. The highest BCUT2D eigenvalue weighted by atomic mass is 16.5. The molecule has 1 N–H and O–H groups in total. The van der Waals surface area contributed by atoms with Gasteiger partial charge in [-0.3, -0.25) is 4.90 Å². The summed E-state index contributed by atoms with van der Waals surface area (Å²) < 4.78 is 11.1. The van der Waals surface area contributed by atoms with Crippen LogP contribution < -0.4 is 19.7 Å². The zero-order valence-electron chi connectivity index (χ0n) is 20.5. The molecule has 0 unspecified atom stereocenters. The number of hydrogen-bond acceptors (Lipinski definition) is 6. The fourth-order valence-corrected chi connectivity index (χ4v) is 5.54. The minimum atomic E-state index is -0.231. The number of hydrazone groups is 1. The van der Waals surface area contributed by atoms with Crippen LogP contribution in [0.3, 0.4) is 0 Å². The first-order valence-corrected chi connectivity index (χ1v) is 11.9. The van der Waals surface area contributed by atoms with Crippen LogP contribution in [0.1, 0.15) is 30.0 Å². The van der Waals surface area contributed by atoms with Crippen LogP contribution >= 0.6 is 0 Å². The van der Waals surface area contributed by atoms with Crippen LogP contribution in [-0.2, 0) is 6.42 Å². The summed E-state index contributed by atoms with van der Waals surface area (Å²) in [4.78, 5) is 17.7. The zero-order chi connectivity index (χ0) is 24.0. The van der Waals surface area contributed by atoms with Crippen molar-refractivity contribution in [1.29, 1.82) is 0 Å². The summed E-state index contributed by atoms with van der Waals surface area (Å²) in [5.41, 5.74) is 4.97. The summed E-state index contributed by atoms with van der Waals surface area (Å²) in [6, 6.07) is 13.4. The molecule has 5 rings (SSSR count). The van der Waals surface area contributed by atoms with E-state index in [9.17, 15) is 4.79 Å². The molecular weight excluding hydrogens is 430 g/mol. The molecule has 3 aliphatic heterocycles. The lowest BCUT2D eigenvalue weighted by atomic mass is 9.94. The van der Waals surface area contributed by atoms with E-state index in [1.165, 1.54) is 17.1 Å². The molecule has 180 valence electrons. The Morgan fingerprint density at radius 2 is 1.76 bits per heavy atom. The normalized spacial score (nSPS) is 23.9. The van der Waals surface area contributed by atoms with Crippen molar-refractivity contribution in [2.24, 2.45) is 5.10 Å². The van der Waals surface area contributed by atoms with E-state index in [-0.39, 0.29) is 12.1 Å². The molecule has 0 aromatic heterocycles. The molecule has 2 fully saturated rings. The van der Waals surface area contributed by atoms with Crippen LogP contribution in [0.15, 0.2) is 41.5 Å². The van der Waals surface area contributed by atoms with Gasteiger partial charge in [0.1, 0.15) is 0 Å². The van der Waals surface area contributed by atoms with E-state index in [0.717, 1.165) is 35.5 Å². The van der Waals surface area contributed by atoms with Crippen molar-refractivity contribution >= 4 is 17.4 Å². The van der Waals surface area contributed by atoms with Gasteiger partial charge in [-0.1, -0.05) is 12.1 Å². The van der Waals surface area contributed by atoms with Crippen molar-refractivity contribution in [3.05, 3.63) is 53.1 Å². The average molecular weight is 464 g/mol. The summed E-state index contributed by atoms with van der Waals surface area (Å²) in [6.45, 7) is 4.20. The predicted octanol–water partition coefficient (Wildman–Crippen LogP) is 2.93. The first kappa shape index (κ1) is 22.5. The van der Waals surface area contributed by atoms with Gasteiger partial charge in [0.25, 0.3) is 0 Å². The van der Waals surface area contributed by atoms with Gasteiger partial charge in [0.15, 0.2) is 11.5 Å². The first-order chi connectivity index (χ1) is 16.4. The molecule has 8 heteroatoms. The second-order valence-corrected chi connectivity index (χ2v) is 9.45. The molecule has 8 nitrogen and oxygen atoms in total. The topological polar surface area (TPSA) is 69.6 Å². The highest BCUT2D eigenvalue weighted by Crippen LogP contribution is 2.36. The monoisotopic (exact) mass is 463 g/mol. The van der Waals surface area contributed by atoms with Gasteiger partial charge in [0.05, 0.1) is 26.0 Å². The Balaban J connectivity index is 1.56. The SMILES string of the molecule is CNC(=O)N1N=C(c2ccc(N3C[C@H]4C[C@H]3CN4C)cc2)c2cc(OC)c(OC)cc2C[C@@H]1C. The van der Waals surface area contributed by atoms with Crippen molar-refractivity contribution in [2.45, 2.75) is 37.9 Å². The molecule has 2 amide bonds. The Morgan fingerprint density at radius 3 is 2.35 bits per heavy atom. The lowest BCUT2D eigenvalue weighted by Crippen LogP contribution is -2.44. The molecule has 3 aliphatic rings. The molecule has 34 heavy (non-hydrogen) atoms. The summed E-state index contributed by atoms with van der Waals surface area (Å²) in [5, 5.41) is 9.13. The number of ether oxygens (including phenoxy) is 2. The van der Waals surface area contributed by atoms with Gasteiger partial charge in [0.2, 0.25) is 0 Å². The largest absolute Gasteiger partial charge is 0.493 e. The van der Waals surface area contributed by atoms with Crippen LogP contribution in [0.5, 0.6) is 11.5 Å². The average Bonchev–Trinajstić information content (AvgIpc) is 3.40. The maximum Gasteiger partial charge on any atom is 0.337 e. The molecule has 0 aliphatic carbocycles. The van der Waals surface area contributed by atoms with Gasteiger partial charge in [-0.15, -0.1) is 0 Å². The molecule has 0 radical (unpaired) electrons. The third-order valence-corrected chi connectivity index (χ3v) is 7.41. The molecule has 0 spiro atoms. The molecular formula is C26H33N5O3. The highest BCUT2D eigenvalue weighted by Gasteiger charge is 2.41. The van der Waals surface area contributed by atoms with Crippen molar-refractivity contribution < 1.29 is 14.3 Å². The maximum absolute atomic E-state index is 12.7. The summed E-state index contributed by atoms with van der Waals surface area (Å²) in [7, 11) is 7.12. The molecule has 2 aromatic carbocycles. The Morgan fingerprint density at radius 1 is 1.06 bits per heavy atom. The van der Waals surface area contributed by atoms with E-state index in [0.29, 0.717) is 30.0 Å². The fourth-order valence-electron chi connectivity index (χ4n) is 5.54. The van der Waals surface area contributed by atoms with Gasteiger partial charge in [-0.2, -0.15) is 5.10 Å². The molecule has 2 saturated heterocycles. The standard InChI is InChI=1S/C26H33N5O3/c1-16-10-18-11-23(33-4)24(34-5)13-22(18)25(28-31(16)26(32)27-2)17-6-8-19(9-7-17)30-15-20-12-21(30)14-29(20)3/h6-9,11,13,16,20-21H,10,12,14-15H2,1-5H3,(H,27,32)/t16-,20+,21-/m0/s1. The van der Waals surface area contributed by atoms with Crippen LogP contribution in [0.4, 0.5) is 10.5 Å². The quantitative estimate of drug-likeness (QED) is 0.755. The number of amides is 2. The number of benzene rings is 2. The van der Waals surface area contributed by atoms with E-state index < -0.39 is 0 Å². The zero-order valence-corrected chi connectivity index (χ0v) is 20.5. The number of fused-ring (bicyclic) bond motifs is 3. The minimum absolute atomic E-state index is 0.120. The number of likely N-dealkylation sites (tertiary alicyclic amines) is 1. The number of nitrogens with zero attached hydrogens (tertiary/aromatic N) is 4. The number of urea groups is 1. The lowest BCUT2D eigenvalue weighted by Gasteiger charge is -2.33. The van der Waals surface area contributed by atoms with Gasteiger partial charge < -0.3 is 19.7 Å². The molecule has 3 heterocycles. The summed E-state index contributed by atoms with van der Waals surface area (Å²) in [5.74, 6) is 1.31. The smallest absolute Gasteiger partial charge is 0.337 e. The summed E-state index contributed by atoms with van der Waals surface area (Å²) in [6.07, 6.45) is 1.89. The van der Waals surface area contributed by atoms with Gasteiger partial charge >= 0.3 is 6.03 Å². The van der Waals surface area contributed by atoms with Crippen molar-refractivity contribution in [3.8, 4) is 11.5 Å². The number of piperazine rings is 1. The summed E-state index contributed by atoms with van der Waals surface area (Å²) >= 11 is 0. The van der Waals surface area contributed by atoms with Crippen LogP contribution in [0.2, 0.25) is 0 Å². The second kappa shape index (κ2) is 8.83. The van der Waals surface area contributed by atoms with E-state index >= 15 is 0 Å². The van der Waals surface area contributed by atoms with Crippen LogP contribution in [0.25, 0.3) is 0 Å². The number of nitrogens with one attached hydrogen (secondary N) is 1. The number of rotatable bonds is 4. The lowest BCUT2D eigenvalue weighted by molar-refractivity contribution is 0.184. The van der Waals surface area contributed by atoms with E-state index in [1.807, 2.05) is 19.1 Å². The molecule has 2 aromatic rings. The number of anilines is 1. The first-order valence-electron chi connectivity index (χ1n) is 11.9. The van der Waals surface area contributed by atoms with Gasteiger partial charge in [0, 0.05) is 49.0 Å².